The zero-order chi connectivity index (χ0) is 7.11. The van der Waals surface area contributed by atoms with Crippen LogP contribution in [0.2, 0.25) is 0 Å². The van der Waals surface area contributed by atoms with Crippen LogP contribution in [0.3, 0.4) is 0 Å². The van der Waals surface area contributed by atoms with Gasteiger partial charge in [-0.3, -0.25) is 4.99 Å². The lowest BCUT2D eigenvalue weighted by molar-refractivity contribution is 0.622. The van der Waals surface area contributed by atoms with Gasteiger partial charge in [-0.05, 0) is 19.1 Å². The van der Waals surface area contributed by atoms with Crippen molar-refractivity contribution in [2.24, 2.45) is 10.7 Å². The Kier molecular flexibility index (Phi) is 5.52. The van der Waals surface area contributed by atoms with Gasteiger partial charge in [-0.2, -0.15) is 0 Å². The Balaban J connectivity index is 0.000000291. The summed E-state index contributed by atoms with van der Waals surface area (Å²) in [6.45, 7) is 4.83. The normalized spacial score (nSPS) is 24.6. The molecule has 0 spiro atoms. The van der Waals surface area contributed by atoms with Gasteiger partial charge in [0.25, 0.3) is 0 Å². The van der Waals surface area contributed by atoms with Gasteiger partial charge >= 0.3 is 0 Å². The zero-order valence-electron chi connectivity index (χ0n) is 6.30. The van der Waals surface area contributed by atoms with Crippen LogP contribution in [-0.2, 0) is 0 Å². The monoisotopic (exact) mass is 128 g/mol. The van der Waals surface area contributed by atoms with Crippen molar-refractivity contribution in [3.05, 3.63) is 0 Å². The molecule has 1 rings (SSSR count). The molecule has 2 heteroatoms. The summed E-state index contributed by atoms with van der Waals surface area (Å²) in [4.78, 5) is 4.01. The van der Waals surface area contributed by atoms with E-state index >= 15 is 0 Å². The highest BCUT2D eigenvalue weighted by Gasteiger charge is 2.01. The van der Waals surface area contributed by atoms with E-state index in [1.54, 1.807) is 0 Å². The number of aliphatic imine (C=N–C) groups is 1. The maximum atomic E-state index is 5.52. The average molecular weight is 128 g/mol. The molecule has 0 saturated carbocycles. The molecule has 0 aliphatic carbocycles. The summed E-state index contributed by atoms with van der Waals surface area (Å²) in [7, 11) is 0. The smallest absolute Gasteiger partial charge is 0.0537 e. The minimum atomic E-state index is 0.338. The van der Waals surface area contributed by atoms with E-state index in [4.69, 9.17) is 5.73 Å². The second kappa shape index (κ2) is 5.76. The van der Waals surface area contributed by atoms with Gasteiger partial charge in [-0.15, -0.1) is 0 Å². The first-order valence-electron chi connectivity index (χ1n) is 3.63. The lowest BCUT2D eigenvalue weighted by Gasteiger charge is -2.09. The van der Waals surface area contributed by atoms with E-state index in [1.165, 1.54) is 0 Å². The van der Waals surface area contributed by atoms with Gasteiger partial charge < -0.3 is 5.73 Å². The molecule has 0 fully saturated rings. The standard InChI is InChI=1S/C5H10N2.C2H6/c6-5-2-1-3-7-4-5;1-2/h3,5H,1-2,4,6H2;1-2H3. The van der Waals surface area contributed by atoms with Crippen LogP contribution >= 0.6 is 0 Å². The summed E-state index contributed by atoms with van der Waals surface area (Å²) in [5.74, 6) is 0. The summed E-state index contributed by atoms with van der Waals surface area (Å²) in [5.41, 5.74) is 5.52. The number of hydrogen-bond donors (Lipinski definition) is 1. The second-order valence-corrected chi connectivity index (χ2v) is 1.89. The molecule has 0 aromatic carbocycles. The van der Waals surface area contributed by atoms with Crippen molar-refractivity contribution in [3.8, 4) is 0 Å². The first kappa shape index (κ1) is 8.63. The van der Waals surface area contributed by atoms with Crippen molar-refractivity contribution in [2.75, 3.05) is 6.54 Å². The molecule has 2 nitrogen and oxygen atoms in total. The van der Waals surface area contributed by atoms with Crippen molar-refractivity contribution < 1.29 is 0 Å². The fourth-order valence-electron chi connectivity index (χ4n) is 0.681. The van der Waals surface area contributed by atoms with E-state index in [0.29, 0.717) is 6.04 Å². The Hall–Kier alpha value is -0.370. The predicted molar refractivity (Wildman–Crippen MR) is 41.9 cm³/mol. The van der Waals surface area contributed by atoms with Gasteiger partial charge in [-0.25, -0.2) is 0 Å². The minimum Gasteiger partial charge on any atom is -0.326 e. The fraction of sp³-hybridized carbons (Fsp3) is 0.857. The molecular formula is C7H16N2. The fourth-order valence-corrected chi connectivity index (χ4v) is 0.681. The zero-order valence-corrected chi connectivity index (χ0v) is 6.30. The molecule has 0 amide bonds. The topological polar surface area (TPSA) is 38.4 Å². The molecule has 0 saturated heterocycles. The summed E-state index contributed by atoms with van der Waals surface area (Å²) >= 11 is 0. The quantitative estimate of drug-likeness (QED) is 0.523. The van der Waals surface area contributed by atoms with E-state index in [1.807, 2.05) is 20.1 Å². The molecule has 1 heterocycles. The van der Waals surface area contributed by atoms with Crippen molar-refractivity contribution >= 4 is 6.21 Å². The summed E-state index contributed by atoms with van der Waals surface area (Å²) in [6.07, 6.45) is 4.13. The molecule has 1 aliphatic rings. The van der Waals surface area contributed by atoms with Gasteiger partial charge in [0.2, 0.25) is 0 Å². The van der Waals surface area contributed by atoms with Crippen molar-refractivity contribution in [3.63, 3.8) is 0 Å². The highest BCUT2D eigenvalue weighted by Crippen LogP contribution is 1.97. The molecule has 54 valence electrons. The van der Waals surface area contributed by atoms with Crippen LogP contribution in [0.15, 0.2) is 4.99 Å². The van der Waals surface area contributed by atoms with Gasteiger partial charge in [-0.1, -0.05) is 13.8 Å². The lowest BCUT2D eigenvalue weighted by Crippen LogP contribution is -2.25. The van der Waals surface area contributed by atoms with Gasteiger partial charge in [0.1, 0.15) is 0 Å². The first-order chi connectivity index (χ1) is 4.39. The molecule has 1 unspecified atom stereocenters. The molecule has 1 aliphatic heterocycles. The average Bonchev–Trinajstić information content (AvgIpc) is 1.94. The van der Waals surface area contributed by atoms with Gasteiger partial charge in [0.05, 0.1) is 6.54 Å². The molecule has 0 aromatic heterocycles. The van der Waals surface area contributed by atoms with Crippen LogP contribution in [0.5, 0.6) is 0 Å². The van der Waals surface area contributed by atoms with Crippen molar-refractivity contribution in [1.29, 1.82) is 0 Å². The maximum Gasteiger partial charge on any atom is 0.0537 e. The summed E-state index contributed by atoms with van der Waals surface area (Å²) in [6, 6.07) is 0.338. The summed E-state index contributed by atoms with van der Waals surface area (Å²) in [5, 5.41) is 0. The SMILES string of the molecule is CC.NC1CCC=NC1. The summed E-state index contributed by atoms with van der Waals surface area (Å²) < 4.78 is 0. The maximum absolute atomic E-state index is 5.52. The second-order valence-electron chi connectivity index (χ2n) is 1.89. The third kappa shape index (κ3) is 4.15. The van der Waals surface area contributed by atoms with Crippen molar-refractivity contribution in [1.82, 2.24) is 0 Å². The highest BCUT2D eigenvalue weighted by molar-refractivity contribution is 5.58. The van der Waals surface area contributed by atoms with E-state index in [-0.39, 0.29) is 0 Å². The van der Waals surface area contributed by atoms with Crippen molar-refractivity contribution in [2.45, 2.75) is 32.7 Å². The molecule has 0 aromatic rings. The lowest BCUT2D eigenvalue weighted by atomic mass is 10.1. The molecule has 9 heavy (non-hydrogen) atoms. The Labute approximate surface area is 57.2 Å². The van der Waals surface area contributed by atoms with Gasteiger partial charge in [0.15, 0.2) is 0 Å². The van der Waals surface area contributed by atoms with Crippen LogP contribution in [0.1, 0.15) is 26.7 Å². The molecule has 0 radical (unpaired) electrons. The number of nitrogens with zero attached hydrogens (tertiary/aromatic N) is 1. The molecule has 1 atom stereocenters. The Morgan fingerprint density at radius 3 is 2.44 bits per heavy atom. The van der Waals surface area contributed by atoms with Crippen LogP contribution in [0.4, 0.5) is 0 Å². The van der Waals surface area contributed by atoms with Gasteiger partial charge in [0, 0.05) is 6.04 Å². The first-order valence-corrected chi connectivity index (χ1v) is 3.63. The minimum absolute atomic E-state index is 0.338. The van der Waals surface area contributed by atoms with Crippen LogP contribution in [0, 0.1) is 0 Å². The van der Waals surface area contributed by atoms with Crippen LogP contribution in [0.25, 0.3) is 0 Å². The molecule has 0 bridgehead atoms. The van der Waals surface area contributed by atoms with E-state index in [0.717, 1.165) is 19.4 Å². The van der Waals surface area contributed by atoms with Crippen LogP contribution in [-0.4, -0.2) is 18.8 Å². The predicted octanol–water partition coefficient (Wildman–Crippen LogP) is 1.20. The molecule has 2 N–H and O–H groups in total. The third-order valence-corrected chi connectivity index (χ3v) is 1.14. The highest BCUT2D eigenvalue weighted by atomic mass is 14.8. The number of rotatable bonds is 0. The number of hydrogen-bond acceptors (Lipinski definition) is 2. The Morgan fingerprint density at radius 2 is 2.22 bits per heavy atom. The van der Waals surface area contributed by atoms with E-state index in [9.17, 15) is 0 Å². The van der Waals surface area contributed by atoms with E-state index in [2.05, 4.69) is 4.99 Å². The van der Waals surface area contributed by atoms with Crippen LogP contribution < -0.4 is 5.73 Å². The Morgan fingerprint density at radius 1 is 1.56 bits per heavy atom. The third-order valence-electron chi connectivity index (χ3n) is 1.14. The molecular weight excluding hydrogens is 112 g/mol. The Bertz CT molecular complexity index is 79.0. The largest absolute Gasteiger partial charge is 0.326 e. The van der Waals surface area contributed by atoms with E-state index < -0.39 is 0 Å². The number of nitrogens with two attached hydrogens (primary N) is 1.